The molecule has 0 radical (unpaired) electrons. The number of anilines is 1. The second-order valence-corrected chi connectivity index (χ2v) is 3.38. The molecule has 0 bridgehead atoms. The van der Waals surface area contributed by atoms with Crippen LogP contribution in [0.15, 0.2) is 22.7 Å². The third-order valence-electron chi connectivity index (χ3n) is 1.43. The third kappa shape index (κ3) is 2.64. The number of nitriles is 1. The van der Waals surface area contributed by atoms with Gasteiger partial charge >= 0.3 is 6.18 Å². The van der Waals surface area contributed by atoms with Gasteiger partial charge in [-0.3, -0.25) is 5.32 Å². The van der Waals surface area contributed by atoms with E-state index in [0.717, 1.165) is 12.1 Å². The molecule has 6 heteroatoms. The maximum absolute atomic E-state index is 12.3. The molecule has 0 saturated carbocycles. The van der Waals surface area contributed by atoms with Crippen LogP contribution in [-0.4, -0.2) is 0 Å². The van der Waals surface area contributed by atoms with Crippen LogP contribution in [0.25, 0.3) is 0 Å². The minimum absolute atomic E-state index is 0.106. The van der Waals surface area contributed by atoms with Gasteiger partial charge in [-0.25, -0.2) is 0 Å². The van der Waals surface area contributed by atoms with Crippen molar-refractivity contribution in [1.29, 1.82) is 5.26 Å². The molecule has 0 aromatic heterocycles. The van der Waals surface area contributed by atoms with Gasteiger partial charge in [0, 0.05) is 10.2 Å². The number of nitrogens with one attached hydrogen (secondary N) is 1. The summed E-state index contributed by atoms with van der Waals surface area (Å²) in [6.45, 7) is 0. The first-order valence-corrected chi connectivity index (χ1v) is 4.25. The molecule has 0 spiro atoms. The van der Waals surface area contributed by atoms with E-state index >= 15 is 0 Å². The number of benzene rings is 1. The Bertz CT molecular complexity index is 381. The lowest BCUT2D eigenvalue weighted by atomic mass is 10.2. The van der Waals surface area contributed by atoms with Crippen LogP contribution in [-0.2, 0) is 6.18 Å². The molecule has 1 aromatic rings. The van der Waals surface area contributed by atoms with Crippen LogP contribution in [0.1, 0.15) is 5.56 Å². The monoisotopic (exact) mass is 264 g/mol. The van der Waals surface area contributed by atoms with Gasteiger partial charge in [-0.15, -0.1) is 0 Å². The van der Waals surface area contributed by atoms with Crippen LogP contribution >= 0.6 is 15.9 Å². The zero-order chi connectivity index (χ0) is 10.8. The fourth-order valence-corrected chi connectivity index (χ4v) is 1.38. The predicted molar refractivity (Wildman–Crippen MR) is 48.4 cm³/mol. The molecule has 74 valence electrons. The van der Waals surface area contributed by atoms with E-state index < -0.39 is 11.7 Å². The molecule has 2 nitrogen and oxygen atoms in total. The van der Waals surface area contributed by atoms with Gasteiger partial charge in [-0.2, -0.15) is 18.4 Å². The summed E-state index contributed by atoms with van der Waals surface area (Å²) in [5.41, 5.74) is -0.696. The highest BCUT2D eigenvalue weighted by atomic mass is 79.9. The number of hydrogen-bond acceptors (Lipinski definition) is 2. The summed E-state index contributed by atoms with van der Waals surface area (Å²) >= 11 is 2.93. The van der Waals surface area contributed by atoms with Gasteiger partial charge in [-0.05, 0) is 18.2 Å². The summed E-state index contributed by atoms with van der Waals surface area (Å²) in [5.74, 6) is 0. The van der Waals surface area contributed by atoms with Crippen LogP contribution in [0.3, 0.4) is 0 Å². The van der Waals surface area contributed by atoms with Crippen LogP contribution in [0.4, 0.5) is 18.9 Å². The van der Waals surface area contributed by atoms with Crippen molar-refractivity contribution in [2.24, 2.45) is 0 Å². The maximum atomic E-state index is 12.3. The van der Waals surface area contributed by atoms with Crippen molar-refractivity contribution in [2.75, 3.05) is 5.32 Å². The molecule has 0 saturated heterocycles. The van der Waals surface area contributed by atoms with Crippen LogP contribution in [0.5, 0.6) is 0 Å². The minimum Gasteiger partial charge on any atom is -0.293 e. The first-order chi connectivity index (χ1) is 6.43. The minimum atomic E-state index is -4.41. The summed E-state index contributed by atoms with van der Waals surface area (Å²) in [4.78, 5) is 0. The van der Waals surface area contributed by atoms with Crippen molar-refractivity contribution in [3.8, 4) is 6.19 Å². The maximum Gasteiger partial charge on any atom is 0.416 e. The van der Waals surface area contributed by atoms with Gasteiger partial charge in [0.2, 0.25) is 0 Å². The Balaban J connectivity index is 3.15. The quantitative estimate of drug-likeness (QED) is 0.624. The number of hydrogen-bond donors (Lipinski definition) is 1. The van der Waals surface area contributed by atoms with Gasteiger partial charge in [0.05, 0.1) is 5.56 Å². The first kappa shape index (κ1) is 10.9. The smallest absolute Gasteiger partial charge is 0.293 e. The second kappa shape index (κ2) is 3.88. The van der Waals surface area contributed by atoms with E-state index in [9.17, 15) is 13.2 Å². The summed E-state index contributed by atoms with van der Waals surface area (Å²) in [6.07, 6.45) is -2.86. The number of alkyl halides is 3. The fourth-order valence-electron chi connectivity index (χ4n) is 0.890. The van der Waals surface area contributed by atoms with E-state index in [4.69, 9.17) is 5.26 Å². The van der Waals surface area contributed by atoms with Gasteiger partial charge in [-0.1, -0.05) is 15.9 Å². The Labute approximate surface area is 86.5 Å². The molecule has 0 aliphatic carbocycles. The molecule has 0 fully saturated rings. The molecule has 0 amide bonds. The SMILES string of the molecule is N#CNc1cc(Br)cc(C(F)(F)F)c1. The second-order valence-electron chi connectivity index (χ2n) is 2.46. The van der Waals surface area contributed by atoms with E-state index in [2.05, 4.69) is 21.2 Å². The van der Waals surface area contributed by atoms with Gasteiger partial charge in [0.25, 0.3) is 0 Å². The summed E-state index contributed by atoms with van der Waals surface area (Å²) in [5, 5.41) is 10.4. The van der Waals surface area contributed by atoms with Crippen molar-refractivity contribution < 1.29 is 13.2 Å². The molecular formula is C8H4BrF3N2. The van der Waals surface area contributed by atoms with Crippen LogP contribution in [0.2, 0.25) is 0 Å². The zero-order valence-corrected chi connectivity index (χ0v) is 8.28. The van der Waals surface area contributed by atoms with E-state index in [1.807, 2.05) is 0 Å². The Hall–Kier alpha value is -1.22. The van der Waals surface area contributed by atoms with Crippen molar-refractivity contribution >= 4 is 21.6 Å². The topological polar surface area (TPSA) is 35.8 Å². The first-order valence-electron chi connectivity index (χ1n) is 3.46. The highest BCUT2D eigenvalue weighted by Gasteiger charge is 2.31. The normalized spacial score (nSPS) is 10.8. The van der Waals surface area contributed by atoms with Crippen molar-refractivity contribution in [1.82, 2.24) is 0 Å². The summed E-state index contributed by atoms with van der Waals surface area (Å²) < 4.78 is 37.0. The van der Waals surface area contributed by atoms with E-state index in [0.29, 0.717) is 0 Å². The molecule has 14 heavy (non-hydrogen) atoms. The molecule has 1 N–H and O–H groups in total. The lowest BCUT2D eigenvalue weighted by Crippen LogP contribution is -2.05. The lowest BCUT2D eigenvalue weighted by Gasteiger charge is -2.08. The van der Waals surface area contributed by atoms with Crippen molar-refractivity contribution in [2.45, 2.75) is 6.18 Å². The fraction of sp³-hybridized carbons (Fsp3) is 0.125. The molecule has 1 aromatic carbocycles. The summed E-state index contributed by atoms with van der Waals surface area (Å²) in [7, 11) is 0. The Morgan fingerprint density at radius 2 is 1.93 bits per heavy atom. The van der Waals surface area contributed by atoms with Gasteiger partial charge < -0.3 is 0 Å². The molecule has 0 aliphatic heterocycles. The standard InChI is InChI=1S/C8H4BrF3N2/c9-6-1-5(8(10,11)12)2-7(3-6)14-4-13/h1-3,14H. The molecule has 0 aliphatic rings. The van der Waals surface area contributed by atoms with Crippen LogP contribution in [0, 0.1) is 11.5 Å². The number of nitrogens with zero attached hydrogens (tertiary/aromatic N) is 1. The number of halogens is 4. The van der Waals surface area contributed by atoms with Gasteiger partial charge in [0.15, 0.2) is 6.19 Å². The van der Waals surface area contributed by atoms with E-state index in [1.165, 1.54) is 6.07 Å². The van der Waals surface area contributed by atoms with E-state index in [1.54, 1.807) is 6.19 Å². The van der Waals surface area contributed by atoms with Gasteiger partial charge in [0.1, 0.15) is 0 Å². The average molecular weight is 265 g/mol. The Kier molecular flexibility index (Phi) is 3.01. The molecule has 0 atom stereocenters. The van der Waals surface area contributed by atoms with Crippen LogP contribution < -0.4 is 5.32 Å². The Morgan fingerprint density at radius 1 is 1.29 bits per heavy atom. The largest absolute Gasteiger partial charge is 0.416 e. The molecule has 1 rings (SSSR count). The van der Waals surface area contributed by atoms with Crippen molar-refractivity contribution in [3.63, 3.8) is 0 Å². The van der Waals surface area contributed by atoms with Crippen molar-refractivity contribution in [3.05, 3.63) is 28.2 Å². The predicted octanol–water partition coefficient (Wildman–Crippen LogP) is 3.36. The lowest BCUT2D eigenvalue weighted by molar-refractivity contribution is -0.137. The third-order valence-corrected chi connectivity index (χ3v) is 1.88. The average Bonchev–Trinajstić information content (AvgIpc) is 2.02. The highest BCUT2D eigenvalue weighted by Crippen LogP contribution is 2.33. The molecular weight excluding hydrogens is 261 g/mol. The highest BCUT2D eigenvalue weighted by molar-refractivity contribution is 9.10. The molecule has 0 heterocycles. The Morgan fingerprint density at radius 3 is 2.43 bits per heavy atom. The molecule has 0 unspecified atom stereocenters. The summed E-state index contributed by atoms with van der Waals surface area (Å²) in [6, 6.07) is 3.20. The zero-order valence-electron chi connectivity index (χ0n) is 6.69. The van der Waals surface area contributed by atoms with E-state index in [-0.39, 0.29) is 10.2 Å². The number of rotatable bonds is 1.